The van der Waals surface area contributed by atoms with Crippen molar-refractivity contribution in [3.05, 3.63) is 0 Å². The van der Waals surface area contributed by atoms with Crippen molar-refractivity contribution >= 4 is 33.2 Å². The molecular formula is H5AgAlBO4PZn. The molecule has 0 aliphatic heterocycles. The van der Waals surface area contributed by atoms with E-state index in [0.29, 0.717) is 0 Å². The third-order valence-electron chi connectivity index (χ3n) is 0.137. The Balaban J connectivity index is -0.0000000417. The van der Waals surface area contributed by atoms with Gasteiger partial charge in [-0.2, -0.15) is 0 Å². The maximum Gasteiger partial charge on any atom is 0.454 e. The topological polar surface area (TPSA) is 66.8 Å². The molecule has 0 bridgehead atoms. The van der Waals surface area contributed by atoms with E-state index in [0.717, 1.165) is 0 Å². The first-order valence-corrected chi connectivity index (χ1v) is 2.53. The van der Waals surface area contributed by atoms with Gasteiger partial charge in [0.1, 0.15) is 0 Å². The largest absolute Gasteiger partial charge is 0.454 e. The molecule has 0 amide bonds. The predicted molar refractivity (Wildman–Crippen MR) is 28.8 cm³/mol. The first-order valence-electron chi connectivity index (χ1n) is 1.00. The Morgan fingerprint density at radius 3 is 1.56 bits per heavy atom. The summed E-state index contributed by atoms with van der Waals surface area (Å²) in [6.07, 6.45) is 0. The molecule has 0 aromatic rings. The van der Waals surface area contributed by atoms with Crippen molar-refractivity contribution in [2.24, 2.45) is 0 Å². The van der Waals surface area contributed by atoms with E-state index >= 15 is 0 Å². The van der Waals surface area contributed by atoms with E-state index in [1.807, 2.05) is 0 Å². The van der Waals surface area contributed by atoms with Crippen LogP contribution >= 0.6 is 7.82 Å². The van der Waals surface area contributed by atoms with E-state index in [4.69, 9.17) is 9.79 Å². The summed E-state index contributed by atoms with van der Waals surface area (Å²) in [7, 11) is -0.326. The van der Waals surface area contributed by atoms with Crippen LogP contribution in [0.1, 0.15) is 0 Å². The van der Waals surface area contributed by atoms with Gasteiger partial charge in [-0.3, -0.25) is 0 Å². The zero-order chi connectivity index (χ0) is 5.21. The van der Waals surface area contributed by atoms with Gasteiger partial charge < -0.3 is 14.2 Å². The molecule has 0 rings (SSSR count). The van der Waals surface area contributed by atoms with E-state index < -0.39 is 7.82 Å². The van der Waals surface area contributed by atoms with Crippen LogP contribution in [-0.2, 0) is 50.9 Å². The first kappa shape index (κ1) is 22.5. The SMILES string of the molecule is [Ag].[AlH3].[B]OP(=O)(O)O.[Zn]. The minimum Gasteiger partial charge on any atom is -0.362 e. The van der Waals surface area contributed by atoms with Gasteiger partial charge in [0.15, 0.2) is 17.4 Å². The van der Waals surface area contributed by atoms with Crippen LogP contribution in [0, 0.1) is 0 Å². The van der Waals surface area contributed by atoms with Crippen molar-refractivity contribution in [2.45, 2.75) is 0 Å². The summed E-state index contributed by atoms with van der Waals surface area (Å²) < 4.78 is 12.5. The molecular weight excluding hydrogens is 306 g/mol. The third kappa shape index (κ3) is 25.5. The quantitative estimate of drug-likeness (QED) is 0.434. The van der Waals surface area contributed by atoms with E-state index in [2.05, 4.69) is 12.5 Å². The second-order valence-electron chi connectivity index (χ2n) is 0.596. The summed E-state index contributed by atoms with van der Waals surface area (Å²) in [6, 6.07) is 0. The number of hydrogen-bond donors (Lipinski definition) is 2. The van der Waals surface area contributed by atoms with E-state index in [1.165, 1.54) is 0 Å². The Hall–Kier alpha value is 2.07. The van der Waals surface area contributed by atoms with Crippen LogP contribution in [-0.4, -0.2) is 35.2 Å². The molecule has 0 aromatic carbocycles. The molecule has 9 heavy (non-hydrogen) atoms. The van der Waals surface area contributed by atoms with Gasteiger partial charge in [-0.05, 0) is 0 Å². The second-order valence-corrected chi connectivity index (χ2v) is 1.79. The standard InChI is InChI=1S/Ag.Al.BH2O4P.Zn.3H/c;;1-5-6(2,3)4;;;;/h;;(H2,2,3,4);;;;. The van der Waals surface area contributed by atoms with Crippen molar-refractivity contribution in [1.82, 2.24) is 0 Å². The molecule has 0 saturated carbocycles. The van der Waals surface area contributed by atoms with Gasteiger partial charge in [0.2, 0.25) is 0 Å². The minimum atomic E-state index is -4.37. The number of hydrogen-bond acceptors (Lipinski definition) is 2. The van der Waals surface area contributed by atoms with Gasteiger partial charge in [0.05, 0.1) is 0 Å². The fraction of sp³-hybridized carbons (Fsp3) is 0. The van der Waals surface area contributed by atoms with E-state index in [9.17, 15) is 4.57 Å². The Kier molecular flexibility index (Phi) is 25.1. The van der Waals surface area contributed by atoms with Gasteiger partial charge in [-0.15, -0.1) is 0 Å². The summed E-state index contributed by atoms with van der Waals surface area (Å²) in [5.74, 6) is 0. The normalized spacial score (nSPS) is 7.78. The van der Waals surface area contributed by atoms with Crippen LogP contribution in [0.5, 0.6) is 0 Å². The van der Waals surface area contributed by atoms with Gasteiger partial charge in [0, 0.05) is 41.9 Å². The fourth-order valence-electron chi connectivity index (χ4n) is 0. The molecule has 0 heterocycles. The molecule has 0 fully saturated rings. The third-order valence-corrected chi connectivity index (χ3v) is 0.412. The Bertz CT molecular complexity index is 84.6. The number of phosphoric acid groups is 1. The summed E-state index contributed by atoms with van der Waals surface area (Å²) >= 11 is 0. The molecule has 53 valence electrons. The molecule has 0 spiro atoms. The Morgan fingerprint density at radius 2 is 1.56 bits per heavy atom. The molecule has 0 aliphatic rings. The molecule has 4 nitrogen and oxygen atoms in total. The van der Waals surface area contributed by atoms with Crippen molar-refractivity contribution in [1.29, 1.82) is 0 Å². The molecule has 0 aliphatic carbocycles. The predicted octanol–water partition coefficient (Wildman–Crippen LogP) is -2.01. The monoisotopic (exact) mass is 309 g/mol. The van der Waals surface area contributed by atoms with Gasteiger partial charge >= 0.3 is 7.82 Å². The van der Waals surface area contributed by atoms with Crippen LogP contribution < -0.4 is 0 Å². The average molecular weight is 311 g/mol. The molecule has 9 heteroatoms. The minimum absolute atomic E-state index is 0. The van der Waals surface area contributed by atoms with Crippen molar-refractivity contribution in [2.75, 3.05) is 0 Å². The van der Waals surface area contributed by atoms with Crippen molar-refractivity contribution in [3.8, 4) is 0 Å². The zero-order valence-corrected chi connectivity index (χ0v) is 9.09. The van der Waals surface area contributed by atoms with Crippen LogP contribution in [0.15, 0.2) is 0 Å². The van der Waals surface area contributed by atoms with Gasteiger partial charge in [-0.25, -0.2) is 4.57 Å². The van der Waals surface area contributed by atoms with Crippen molar-refractivity contribution in [3.63, 3.8) is 0 Å². The first-order chi connectivity index (χ1) is 2.56. The second kappa shape index (κ2) is 10.1. The zero-order valence-electron chi connectivity index (χ0n) is 3.74. The van der Waals surface area contributed by atoms with Crippen LogP contribution in [0.4, 0.5) is 0 Å². The molecule has 0 atom stereocenters. The fourth-order valence-corrected chi connectivity index (χ4v) is 0. The van der Waals surface area contributed by atoms with Crippen LogP contribution in [0.3, 0.4) is 0 Å². The maximum atomic E-state index is 9.35. The van der Waals surface area contributed by atoms with Crippen molar-refractivity contribution < 1.29 is 60.7 Å². The smallest absolute Gasteiger partial charge is 0.362 e. The summed E-state index contributed by atoms with van der Waals surface area (Å²) in [5.41, 5.74) is 0. The van der Waals surface area contributed by atoms with E-state index in [1.54, 1.807) is 0 Å². The Labute approximate surface area is 93.2 Å². The van der Waals surface area contributed by atoms with Crippen LogP contribution in [0.25, 0.3) is 0 Å². The van der Waals surface area contributed by atoms with E-state index in [-0.39, 0.29) is 59.2 Å². The summed E-state index contributed by atoms with van der Waals surface area (Å²) in [5, 5.41) is 0. The molecule has 0 saturated heterocycles. The summed E-state index contributed by atoms with van der Waals surface area (Å²) in [4.78, 5) is 15.2. The molecule has 0 unspecified atom stereocenters. The molecule has 3 radical (unpaired) electrons. The number of rotatable bonds is 1. The Morgan fingerprint density at radius 1 is 1.44 bits per heavy atom. The maximum absolute atomic E-state index is 9.35. The average Bonchev–Trinajstić information content (AvgIpc) is 1.35. The van der Waals surface area contributed by atoms with Gasteiger partial charge in [-0.1, -0.05) is 0 Å². The molecule has 2 N–H and O–H groups in total. The summed E-state index contributed by atoms with van der Waals surface area (Å²) in [6.45, 7) is 0. The van der Waals surface area contributed by atoms with Crippen LogP contribution in [0.2, 0.25) is 0 Å². The molecule has 0 aromatic heterocycles. The van der Waals surface area contributed by atoms with Gasteiger partial charge in [0.25, 0.3) is 8.05 Å².